The number of hydrogen-bond donors (Lipinski definition) is 2. The highest BCUT2D eigenvalue weighted by molar-refractivity contribution is 9.10. The minimum absolute atomic E-state index is 0.0830. The Balaban J connectivity index is 2.01. The first-order valence-electron chi connectivity index (χ1n) is 4.98. The first-order chi connectivity index (χ1) is 7.18. The van der Waals surface area contributed by atoms with E-state index < -0.39 is 0 Å². The van der Waals surface area contributed by atoms with E-state index in [9.17, 15) is 4.79 Å². The van der Waals surface area contributed by atoms with Gasteiger partial charge in [0.15, 0.2) is 4.67 Å². The second kappa shape index (κ2) is 4.37. The summed E-state index contributed by atoms with van der Waals surface area (Å²) < 4.78 is 5.47. The lowest BCUT2D eigenvalue weighted by molar-refractivity contribution is 0.0933. The van der Waals surface area contributed by atoms with Crippen LogP contribution < -0.4 is 11.1 Å². The van der Waals surface area contributed by atoms with E-state index in [4.69, 9.17) is 10.2 Å². The predicted molar refractivity (Wildman–Crippen MR) is 59.5 cm³/mol. The zero-order chi connectivity index (χ0) is 10.8. The monoisotopic (exact) mass is 272 g/mol. The number of nitrogens with two attached hydrogens (primary N) is 1. The Bertz CT molecular complexity index is 364. The molecule has 0 aliphatic heterocycles. The molecule has 1 aliphatic carbocycles. The van der Waals surface area contributed by atoms with E-state index in [1.807, 2.05) is 0 Å². The highest BCUT2D eigenvalue weighted by atomic mass is 79.9. The van der Waals surface area contributed by atoms with Gasteiger partial charge in [0.05, 0.1) is 11.8 Å². The highest BCUT2D eigenvalue weighted by Crippen LogP contribution is 2.20. The fraction of sp³-hybridized carbons (Fsp3) is 0.500. The lowest BCUT2D eigenvalue weighted by Crippen LogP contribution is -2.43. The predicted octanol–water partition coefficient (Wildman–Crippen LogP) is 1.65. The molecule has 1 aliphatic rings. The number of halogens is 1. The third-order valence-electron chi connectivity index (χ3n) is 2.75. The molecular weight excluding hydrogens is 260 g/mol. The highest BCUT2D eigenvalue weighted by Gasteiger charge is 2.26. The van der Waals surface area contributed by atoms with Crippen molar-refractivity contribution in [1.82, 2.24) is 5.32 Å². The summed E-state index contributed by atoms with van der Waals surface area (Å²) in [5.41, 5.74) is 6.39. The zero-order valence-corrected chi connectivity index (χ0v) is 9.79. The van der Waals surface area contributed by atoms with Gasteiger partial charge in [0.2, 0.25) is 0 Å². The molecule has 2 atom stereocenters. The van der Waals surface area contributed by atoms with Crippen LogP contribution >= 0.6 is 15.9 Å². The topological polar surface area (TPSA) is 68.3 Å². The zero-order valence-electron chi connectivity index (χ0n) is 8.20. The van der Waals surface area contributed by atoms with Crippen molar-refractivity contribution in [3.63, 3.8) is 0 Å². The summed E-state index contributed by atoms with van der Waals surface area (Å²) in [5.74, 6) is -0.127. The average molecular weight is 273 g/mol. The van der Waals surface area contributed by atoms with Crippen molar-refractivity contribution in [2.75, 3.05) is 0 Å². The van der Waals surface area contributed by atoms with Gasteiger partial charge >= 0.3 is 0 Å². The van der Waals surface area contributed by atoms with Crippen molar-refractivity contribution >= 4 is 21.8 Å². The van der Waals surface area contributed by atoms with E-state index in [2.05, 4.69) is 21.2 Å². The Morgan fingerprint density at radius 2 is 2.40 bits per heavy atom. The summed E-state index contributed by atoms with van der Waals surface area (Å²) in [6.45, 7) is 0. The van der Waals surface area contributed by atoms with Crippen LogP contribution in [-0.4, -0.2) is 18.0 Å². The summed E-state index contributed by atoms with van der Waals surface area (Å²) in [6, 6.07) is 1.82. The minimum atomic E-state index is -0.127. The fourth-order valence-corrected chi connectivity index (χ4v) is 2.29. The number of furan rings is 1. The number of rotatable bonds is 2. The maximum atomic E-state index is 11.8. The van der Waals surface area contributed by atoms with Crippen LogP contribution in [0.2, 0.25) is 0 Å². The van der Waals surface area contributed by atoms with E-state index >= 15 is 0 Å². The summed E-state index contributed by atoms with van der Waals surface area (Å²) >= 11 is 3.17. The molecule has 0 spiro atoms. The Hall–Kier alpha value is -0.810. The molecule has 82 valence electrons. The molecule has 2 unspecified atom stereocenters. The molecule has 15 heavy (non-hydrogen) atoms. The molecule has 1 fully saturated rings. The molecule has 2 rings (SSSR count). The Labute approximate surface area is 96.3 Å². The molecule has 0 radical (unpaired) electrons. The molecule has 0 bridgehead atoms. The summed E-state index contributed by atoms with van der Waals surface area (Å²) in [4.78, 5) is 11.8. The standard InChI is InChI=1S/C10H13BrN2O2/c11-9-6(4-5-15-9)10(14)13-8-3-1-2-7(8)12/h4-5,7-8H,1-3,12H2,(H,13,14). The third-order valence-corrected chi connectivity index (χ3v) is 3.36. The molecule has 3 N–H and O–H groups in total. The van der Waals surface area contributed by atoms with Crippen LogP contribution in [0.15, 0.2) is 21.4 Å². The minimum Gasteiger partial charge on any atom is -0.457 e. The first-order valence-corrected chi connectivity index (χ1v) is 5.77. The number of carbonyl (C=O) groups is 1. The molecule has 0 saturated heterocycles. The van der Waals surface area contributed by atoms with Crippen molar-refractivity contribution in [1.29, 1.82) is 0 Å². The van der Waals surface area contributed by atoms with E-state index in [0.717, 1.165) is 19.3 Å². The van der Waals surface area contributed by atoms with Gasteiger partial charge < -0.3 is 15.5 Å². The maximum Gasteiger partial charge on any atom is 0.256 e. The van der Waals surface area contributed by atoms with Gasteiger partial charge in [-0.3, -0.25) is 4.79 Å². The normalized spacial score (nSPS) is 25.5. The maximum absolute atomic E-state index is 11.8. The van der Waals surface area contributed by atoms with Crippen LogP contribution in [0.4, 0.5) is 0 Å². The van der Waals surface area contributed by atoms with Crippen LogP contribution in [0.25, 0.3) is 0 Å². The second-order valence-electron chi connectivity index (χ2n) is 3.78. The molecule has 1 heterocycles. The molecule has 5 heteroatoms. The van der Waals surface area contributed by atoms with Gasteiger partial charge in [-0.25, -0.2) is 0 Å². The third kappa shape index (κ3) is 2.23. The van der Waals surface area contributed by atoms with E-state index in [1.54, 1.807) is 6.07 Å². The van der Waals surface area contributed by atoms with Gasteiger partial charge in [-0.1, -0.05) is 0 Å². The summed E-state index contributed by atoms with van der Waals surface area (Å²) in [6.07, 6.45) is 4.51. The second-order valence-corrected chi connectivity index (χ2v) is 4.50. The Morgan fingerprint density at radius 3 is 2.93 bits per heavy atom. The largest absolute Gasteiger partial charge is 0.457 e. The van der Waals surface area contributed by atoms with Crippen LogP contribution in [0, 0.1) is 0 Å². The van der Waals surface area contributed by atoms with Gasteiger partial charge in [-0.05, 0) is 41.3 Å². The van der Waals surface area contributed by atoms with E-state index in [-0.39, 0.29) is 18.0 Å². The average Bonchev–Trinajstić information content (AvgIpc) is 2.76. The Kier molecular flexibility index (Phi) is 3.11. The van der Waals surface area contributed by atoms with Crippen molar-refractivity contribution in [3.05, 3.63) is 22.6 Å². The fourth-order valence-electron chi connectivity index (χ4n) is 1.87. The Morgan fingerprint density at radius 1 is 1.60 bits per heavy atom. The van der Waals surface area contributed by atoms with Crippen LogP contribution in [0.1, 0.15) is 29.6 Å². The quantitative estimate of drug-likeness (QED) is 0.860. The van der Waals surface area contributed by atoms with Crippen LogP contribution in [-0.2, 0) is 0 Å². The summed E-state index contributed by atoms with van der Waals surface area (Å²) in [5, 5.41) is 2.92. The van der Waals surface area contributed by atoms with Gasteiger partial charge in [-0.2, -0.15) is 0 Å². The molecule has 4 nitrogen and oxygen atoms in total. The van der Waals surface area contributed by atoms with Crippen LogP contribution in [0.5, 0.6) is 0 Å². The molecule has 1 amide bonds. The van der Waals surface area contributed by atoms with Crippen molar-refractivity contribution in [2.45, 2.75) is 31.3 Å². The van der Waals surface area contributed by atoms with Gasteiger partial charge in [0.25, 0.3) is 5.91 Å². The molecule has 0 aromatic carbocycles. The lowest BCUT2D eigenvalue weighted by atomic mass is 10.2. The SMILES string of the molecule is NC1CCCC1NC(=O)c1ccoc1Br. The smallest absolute Gasteiger partial charge is 0.256 e. The van der Waals surface area contributed by atoms with Crippen molar-refractivity contribution < 1.29 is 9.21 Å². The number of amides is 1. The van der Waals surface area contributed by atoms with Crippen molar-refractivity contribution in [2.24, 2.45) is 5.73 Å². The molecular formula is C10H13BrN2O2. The van der Waals surface area contributed by atoms with E-state index in [0.29, 0.717) is 10.2 Å². The number of hydrogen-bond acceptors (Lipinski definition) is 3. The lowest BCUT2D eigenvalue weighted by Gasteiger charge is -2.16. The van der Waals surface area contributed by atoms with Crippen molar-refractivity contribution in [3.8, 4) is 0 Å². The van der Waals surface area contributed by atoms with E-state index in [1.165, 1.54) is 6.26 Å². The first kappa shape index (κ1) is 10.7. The van der Waals surface area contributed by atoms with Gasteiger partial charge in [-0.15, -0.1) is 0 Å². The van der Waals surface area contributed by atoms with Crippen LogP contribution in [0.3, 0.4) is 0 Å². The van der Waals surface area contributed by atoms with Gasteiger partial charge in [0, 0.05) is 12.1 Å². The molecule has 1 saturated carbocycles. The number of nitrogens with one attached hydrogen (secondary N) is 1. The summed E-state index contributed by atoms with van der Waals surface area (Å²) in [7, 11) is 0. The molecule has 1 aromatic rings. The molecule has 1 aromatic heterocycles. The van der Waals surface area contributed by atoms with Gasteiger partial charge in [0.1, 0.15) is 0 Å². The number of carbonyl (C=O) groups excluding carboxylic acids is 1.